The molecule has 0 aliphatic carbocycles. The lowest BCUT2D eigenvalue weighted by atomic mass is 10.0. The molecule has 3 rings (SSSR count). The van der Waals surface area contributed by atoms with Crippen molar-refractivity contribution in [2.75, 3.05) is 26.7 Å². The van der Waals surface area contributed by atoms with Gasteiger partial charge in [-0.3, -0.25) is 9.59 Å². The van der Waals surface area contributed by atoms with E-state index < -0.39 is 18.6 Å². The van der Waals surface area contributed by atoms with E-state index in [0.29, 0.717) is 38.5 Å². The Kier molecular flexibility index (Phi) is 8.00. The Bertz CT molecular complexity index is 684. The van der Waals surface area contributed by atoms with Gasteiger partial charge >= 0.3 is 6.61 Å². The lowest BCUT2D eigenvalue weighted by Crippen LogP contribution is -2.51. The van der Waals surface area contributed by atoms with E-state index in [0.717, 1.165) is 12.8 Å². The first-order chi connectivity index (χ1) is 13.0. The van der Waals surface area contributed by atoms with Gasteiger partial charge in [-0.1, -0.05) is 12.1 Å². The van der Waals surface area contributed by atoms with Crippen LogP contribution in [0.5, 0.6) is 5.75 Å². The number of likely N-dealkylation sites (tertiary alicyclic amines) is 2. The topological polar surface area (TPSA) is 61.9 Å². The third-order valence-electron chi connectivity index (χ3n) is 5.35. The summed E-state index contributed by atoms with van der Waals surface area (Å²) in [4.78, 5) is 29.2. The molecule has 1 aromatic carbocycles. The third kappa shape index (κ3) is 4.91. The number of hydrogen-bond donors (Lipinski definition) is 1. The Balaban J connectivity index is 0.00000280. The van der Waals surface area contributed by atoms with Crippen LogP contribution in [0.4, 0.5) is 8.78 Å². The lowest BCUT2D eigenvalue weighted by Gasteiger charge is -2.35. The van der Waals surface area contributed by atoms with Crippen molar-refractivity contribution in [2.24, 2.45) is 0 Å². The van der Waals surface area contributed by atoms with E-state index in [-0.39, 0.29) is 29.6 Å². The molecule has 2 aliphatic rings. The molecular formula is C19H26ClF2N3O3. The summed E-state index contributed by atoms with van der Waals surface area (Å²) in [6.45, 7) is -1.25. The Hall–Kier alpha value is -1.93. The van der Waals surface area contributed by atoms with Gasteiger partial charge in [0.2, 0.25) is 5.91 Å². The molecular weight excluding hydrogens is 392 g/mol. The average Bonchev–Trinajstić information content (AvgIpc) is 3.16. The average molecular weight is 418 g/mol. The van der Waals surface area contributed by atoms with Gasteiger partial charge in [-0.25, -0.2) is 0 Å². The Morgan fingerprint density at radius 3 is 2.46 bits per heavy atom. The van der Waals surface area contributed by atoms with Gasteiger partial charge in [0.05, 0.1) is 5.56 Å². The van der Waals surface area contributed by atoms with E-state index in [2.05, 4.69) is 10.1 Å². The number of nitrogens with one attached hydrogen (secondary N) is 1. The van der Waals surface area contributed by atoms with Gasteiger partial charge in [0.1, 0.15) is 11.8 Å². The standard InChI is InChI=1S/C19H25F2N3O3.ClH/c1-22-13-8-11-23(12-9-13)18(26)15-6-4-10-24(15)17(25)14-5-2-3-7-16(14)27-19(20)21;/h2-3,5,7,13,15,19,22H,4,6,8-12H2,1H3;1H. The number of halogens is 3. The molecule has 1 atom stereocenters. The normalized spacial score (nSPS) is 20.2. The van der Waals surface area contributed by atoms with Crippen LogP contribution in [0.15, 0.2) is 24.3 Å². The lowest BCUT2D eigenvalue weighted by molar-refractivity contribution is -0.136. The second-order valence-electron chi connectivity index (χ2n) is 6.92. The summed E-state index contributed by atoms with van der Waals surface area (Å²) < 4.78 is 29.8. The number of carbonyl (C=O) groups excluding carboxylic acids is 2. The molecule has 0 spiro atoms. The largest absolute Gasteiger partial charge is 0.434 e. The molecule has 1 N–H and O–H groups in total. The van der Waals surface area contributed by atoms with Crippen LogP contribution >= 0.6 is 12.4 Å². The van der Waals surface area contributed by atoms with Crippen LogP contribution in [0, 0.1) is 0 Å². The van der Waals surface area contributed by atoms with Gasteiger partial charge < -0.3 is 19.9 Å². The number of ether oxygens (including phenoxy) is 1. The molecule has 28 heavy (non-hydrogen) atoms. The highest BCUT2D eigenvalue weighted by Gasteiger charge is 2.38. The monoisotopic (exact) mass is 417 g/mol. The van der Waals surface area contributed by atoms with E-state index >= 15 is 0 Å². The van der Waals surface area contributed by atoms with Crippen molar-refractivity contribution in [3.63, 3.8) is 0 Å². The molecule has 0 bridgehead atoms. The fraction of sp³-hybridized carbons (Fsp3) is 0.579. The van der Waals surface area contributed by atoms with Crippen LogP contribution in [0.25, 0.3) is 0 Å². The smallest absolute Gasteiger partial charge is 0.387 e. The fourth-order valence-corrected chi connectivity index (χ4v) is 3.86. The van der Waals surface area contributed by atoms with E-state index in [9.17, 15) is 18.4 Å². The van der Waals surface area contributed by atoms with E-state index in [1.165, 1.54) is 23.1 Å². The van der Waals surface area contributed by atoms with Crippen molar-refractivity contribution >= 4 is 24.2 Å². The first kappa shape index (κ1) is 22.4. The predicted molar refractivity (Wildman–Crippen MR) is 103 cm³/mol. The number of piperidine rings is 1. The second-order valence-corrected chi connectivity index (χ2v) is 6.92. The highest BCUT2D eigenvalue weighted by molar-refractivity contribution is 6.00. The molecule has 0 saturated carbocycles. The van der Waals surface area contributed by atoms with Crippen LogP contribution in [0.1, 0.15) is 36.0 Å². The van der Waals surface area contributed by atoms with Crippen LogP contribution < -0.4 is 10.1 Å². The van der Waals surface area contributed by atoms with Crippen LogP contribution in [0.3, 0.4) is 0 Å². The molecule has 2 heterocycles. The first-order valence-corrected chi connectivity index (χ1v) is 9.32. The molecule has 0 aromatic heterocycles. The van der Waals surface area contributed by atoms with Gasteiger partial charge in [0, 0.05) is 25.7 Å². The molecule has 1 unspecified atom stereocenters. The molecule has 2 amide bonds. The maximum atomic E-state index is 13.0. The first-order valence-electron chi connectivity index (χ1n) is 9.32. The van der Waals surface area contributed by atoms with Crippen LogP contribution in [-0.2, 0) is 4.79 Å². The second kappa shape index (κ2) is 10.0. The van der Waals surface area contributed by atoms with E-state index in [4.69, 9.17) is 0 Å². The summed E-state index contributed by atoms with van der Waals surface area (Å²) >= 11 is 0. The summed E-state index contributed by atoms with van der Waals surface area (Å²) in [6, 6.07) is 5.80. The number of alkyl halides is 2. The Morgan fingerprint density at radius 1 is 1.14 bits per heavy atom. The number of amides is 2. The third-order valence-corrected chi connectivity index (χ3v) is 5.35. The SMILES string of the molecule is CNC1CCN(C(=O)C2CCCN2C(=O)c2ccccc2OC(F)F)CC1.Cl. The fourth-order valence-electron chi connectivity index (χ4n) is 3.86. The maximum Gasteiger partial charge on any atom is 0.387 e. The number of hydrogen-bond acceptors (Lipinski definition) is 4. The van der Waals surface area contributed by atoms with Crippen molar-refractivity contribution in [1.29, 1.82) is 0 Å². The predicted octanol–water partition coefficient (Wildman–Crippen LogP) is 2.52. The summed E-state index contributed by atoms with van der Waals surface area (Å²) in [5.74, 6) is -0.652. The molecule has 9 heteroatoms. The van der Waals surface area contributed by atoms with Crippen molar-refractivity contribution in [3.8, 4) is 5.75 Å². The number of carbonyl (C=O) groups is 2. The minimum atomic E-state index is -3.01. The minimum absolute atomic E-state index is 0. The van der Waals surface area contributed by atoms with Crippen molar-refractivity contribution < 1.29 is 23.1 Å². The summed E-state index contributed by atoms with van der Waals surface area (Å²) in [6.07, 6.45) is 3.07. The minimum Gasteiger partial charge on any atom is -0.434 e. The highest BCUT2D eigenvalue weighted by atomic mass is 35.5. The number of benzene rings is 1. The van der Waals surface area contributed by atoms with Crippen LogP contribution in [-0.4, -0.2) is 67.0 Å². The van der Waals surface area contributed by atoms with Crippen molar-refractivity contribution in [3.05, 3.63) is 29.8 Å². The van der Waals surface area contributed by atoms with E-state index in [1.807, 2.05) is 11.9 Å². The number of rotatable bonds is 5. The number of nitrogens with zero attached hydrogens (tertiary/aromatic N) is 2. The summed E-state index contributed by atoms with van der Waals surface area (Å²) in [5, 5.41) is 3.23. The van der Waals surface area contributed by atoms with Crippen molar-refractivity contribution in [1.82, 2.24) is 15.1 Å². The zero-order valence-electron chi connectivity index (χ0n) is 15.8. The summed E-state index contributed by atoms with van der Waals surface area (Å²) in [7, 11) is 1.92. The van der Waals surface area contributed by atoms with Gasteiger partial charge in [-0.15, -0.1) is 12.4 Å². The highest BCUT2D eigenvalue weighted by Crippen LogP contribution is 2.27. The van der Waals surface area contributed by atoms with E-state index in [1.54, 1.807) is 6.07 Å². The molecule has 0 radical (unpaired) electrons. The molecule has 156 valence electrons. The Morgan fingerprint density at radius 2 is 1.82 bits per heavy atom. The molecule has 1 aromatic rings. The van der Waals surface area contributed by atoms with Gasteiger partial charge in [0.15, 0.2) is 0 Å². The van der Waals surface area contributed by atoms with Crippen molar-refractivity contribution in [2.45, 2.75) is 44.4 Å². The quantitative estimate of drug-likeness (QED) is 0.799. The summed E-state index contributed by atoms with van der Waals surface area (Å²) in [5.41, 5.74) is 0.0615. The van der Waals surface area contributed by atoms with Gasteiger partial charge in [0.25, 0.3) is 5.91 Å². The Labute approximate surface area is 169 Å². The van der Waals surface area contributed by atoms with Gasteiger partial charge in [-0.05, 0) is 44.9 Å². The molecule has 6 nitrogen and oxygen atoms in total. The number of para-hydroxylation sites is 1. The van der Waals surface area contributed by atoms with Crippen LogP contribution in [0.2, 0.25) is 0 Å². The molecule has 2 aliphatic heterocycles. The van der Waals surface area contributed by atoms with Gasteiger partial charge in [-0.2, -0.15) is 8.78 Å². The zero-order valence-corrected chi connectivity index (χ0v) is 16.6. The zero-order chi connectivity index (χ0) is 19.4. The molecule has 2 saturated heterocycles. The molecule has 2 fully saturated rings. The maximum absolute atomic E-state index is 13.0.